The Hall–Kier alpha value is -2.56. The number of hydroxylamine groups is 1. The van der Waals surface area contributed by atoms with Crippen LogP contribution in [-0.2, 0) is 19.4 Å². The van der Waals surface area contributed by atoms with E-state index in [-0.39, 0.29) is 12.2 Å². The van der Waals surface area contributed by atoms with E-state index in [2.05, 4.69) is 10.1 Å². The lowest BCUT2D eigenvalue weighted by Crippen LogP contribution is -2.43. The lowest BCUT2D eigenvalue weighted by molar-refractivity contribution is -0.130. The van der Waals surface area contributed by atoms with Crippen LogP contribution >= 0.6 is 11.3 Å². The number of rotatable bonds is 5. The van der Waals surface area contributed by atoms with Crippen LogP contribution in [0.25, 0.3) is 21.8 Å². The Kier molecular flexibility index (Phi) is 5.48. The van der Waals surface area contributed by atoms with Crippen LogP contribution in [-0.4, -0.2) is 35.4 Å². The van der Waals surface area contributed by atoms with E-state index < -0.39 is 20.5 Å². The summed E-state index contributed by atoms with van der Waals surface area (Å²) in [5.41, 5.74) is 3.33. The molecule has 1 aliphatic heterocycles. The monoisotopic (exact) mass is 447 g/mol. The minimum atomic E-state index is -3.54. The fraction of sp³-hybridized carbons (Fsp3) is 0.350. The molecule has 1 saturated heterocycles. The quantitative estimate of drug-likeness (QED) is 0.453. The minimum Gasteiger partial charge on any atom is -0.339 e. The van der Waals surface area contributed by atoms with Gasteiger partial charge in [0.15, 0.2) is 9.84 Å². The molecule has 1 aromatic carbocycles. The van der Waals surface area contributed by atoms with Crippen molar-refractivity contribution >= 4 is 27.1 Å². The molecule has 10 heteroatoms. The number of nitrogens with zero attached hydrogens (tertiary/aromatic N) is 2. The zero-order chi connectivity index (χ0) is 21.4. The molecule has 4 rings (SSSR count). The van der Waals surface area contributed by atoms with Crippen molar-refractivity contribution in [3.05, 3.63) is 47.2 Å². The van der Waals surface area contributed by atoms with Gasteiger partial charge in [0.25, 0.3) is 0 Å². The maximum atomic E-state index is 13.0. The molecule has 3 aromatic rings. The van der Waals surface area contributed by atoms with Crippen molar-refractivity contribution in [1.29, 1.82) is 0 Å². The molecule has 1 aliphatic rings. The number of aromatic nitrogens is 2. The molecule has 0 saturated carbocycles. The van der Waals surface area contributed by atoms with Crippen molar-refractivity contribution < 1.29 is 22.9 Å². The third-order valence-electron chi connectivity index (χ3n) is 5.42. The lowest BCUT2D eigenvalue weighted by atomic mass is 9.94. The van der Waals surface area contributed by atoms with Gasteiger partial charge in [-0.15, -0.1) is 11.3 Å². The third-order valence-corrected chi connectivity index (χ3v) is 9.47. The Labute approximate surface area is 177 Å². The molecule has 8 nitrogen and oxygen atoms in total. The molecule has 1 atom stereocenters. The Morgan fingerprint density at radius 1 is 1.20 bits per heavy atom. The van der Waals surface area contributed by atoms with Crippen LogP contribution in [0.5, 0.6) is 0 Å². The predicted octanol–water partition coefficient (Wildman–Crippen LogP) is 3.46. The second kappa shape index (κ2) is 7.93. The summed E-state index contributed by atoms with van der Waals surface area (Å²) in [5.74, 6) is 0.337. The van der Waals surface area contributed by atoms with Crippen LogP contribution in [0, 0.1) is 6.92 Å². The van der Waals surface area contributed by atoms with E-state index in [1.54, 1.807) is 18.5 Å². The van der Waals surface area contributed by atoms with Crippen LogP contribution in [0.2, 0.25) is 0 Å². The highest BCUT2D eigenvalue weighted by molar-refractivity contribution is 7.92. The average Bonchev–Trinajstić information content (AvgIpc) is 3.39. The van der Waals surface area contributed by atoms with Crippen LogP contribution in [0.1, 0.15) is 36.5 Å². The van der Waals surface area contributed by atoms with Crippen LogP contribution in [0.3, 0.4) is 0 Å². The predicted molar refractivity (Wildman–Crippen MR) is 112 cm³/mol. The molecule has 158 valence electrons. The number of nitrogens with one attached hydrogen (secondary N) is 1. The maximum absolute atomic E-state index is 13.0. The molecule has 0 aliphatic carbocycles. The van der Waals surface area contributed by atoms with Gasteiger partial charge in [0.1, 0.15) is 4.75 Å². The van der Waals surface area contributed by atoms with Gasteiger partial charge in [-0.25, -0.2) is 13.9 Å². The van der Waals surface area contributed by atoms with E-state index >= 15 is 0 Å². The first-order valence-corrected chi connectivity index (χ1v) is 12.0. The molecular weight excluding hydrogens is 426 g/mol. The number of hydrogen-bond acceptors (Lipinski definition) is 8. The Morgan fingerprint density at radius 3 is 2.57 bits per heavy atom. The van der Waals surface area contributed by atoms with E-state index in [1.165, 1.54) is 11.3 Å². The summed E-state index contributed by atoms with van der Waals surface area (Å²) in [7, 11) is -3.54. The number of carbonyl (C=O) groups is 1. The summed E-state index contributed by atoms with van der Waals surface area (Å²) in [6, 6.07) is 11.2. The zero-order valence-corrected chi connectivity index (χ0v) is 17.9. The molecule has 3 heterocycles. The zero-order valence-electron chi connectivity index (χ0n) is 16.3. The second-order valence-corrected chi connectivity index (χ2v) is 10.9. The third kappa shape index (κ3) is 3.66. The molecule has 1 amide bonds. The summed E-state index contributed by atoms with van der Waals surface area (Å²) in [5, 5.41) is 12.9. The van der Waals surface area contributed by atoms with Crippen molar-refractivity contribution in [2.24, 2.45) is 0 Å². The van der Waals surface area contributed by atoms with Gasteiger partial charge in [0.2, 0.25) is 17.6 Å². The normalized spacial score (nSPS) is 20.7. The minimum absolute atomic E-state index is 0.0394. The molecule has 0 unspecified atom stereocenters. The van der Waals surface area contributed by atoms with Gasteiger partial charge in [0.05, 0.1) is 12.2 Å². The van der Waals surface area contributed by atoms with Gasteiger partial charge < -0.3 is 4.52 Å². The fourth-order valence-corrected chi connectivity index (χ4v) is 7.64. The summed E-state index contributed by atoms with van der Waals surface area (Å²) in [4.78, 5) is 17.7. The molecule has 2 N–H and O–H groups in total. The van der Waals surface area contributed by atoms with Crippen molar-refractivity contribution in [2.75, 3.05) is 5.75 Å². The fourth-order valence-electron chi connectivity index (χ4n) is 3.85. The van der Waals surface area contributed by atoms with E-state index in [1.807, 2.05) is 30.3 Å². The van der Waals surface area contributed by atoms with Crippen LogP contribution < -0.4 is 5.48 Å². The number of carbonyl (C=O) groups excluding carboxylic acids is 1. The summed E-state index contributed by atoms with van der Waals surface area (Å²) in [6.45, 7) is 1.73. The van der Waals surface area contributed by atoms with Gasteiger partial charge in [0, 0.05) is 22.2 Å². The topological polar surface area (TPSA) is 122 Å². The molecule has 30 heavy (non-hydrogen) atoms. The van der Waals surface area contributed by atoms with Gasteiger partial charge in [-0.05, 0) is 30.5 Å². The smallest absolute Gasteiger partial charge is 0.245 e. The second-order valence-electron chi connectivity index (χ2n) is 7.36. The number of aryl methyl sites for hydroxylation is 1. The number of hydrogen-bond donors (Lipinski definition) is 2. The lowest BCUT2D eigenvalue weighted by Gasteiger charge is -2.35. The van der Waals surface area contributed by atoms with Gasteiger partial charge in [-0.1, -0.05) is 35.8 Å². The summed E-state index contributed by atoms with van der Waals surface area (Å²) in [6.07, 6.45) is 1.37. The first-order chi connectivity index (χ1) is 14.3. The highest BCUT2D eigenvalue weighted by Gasteiger charge is 2.49. The molecular formula is C20H21N3O5S2. The maximum Gasteiger partial charge on any atom is 0.245 e. The van der Waals surface area contributed by atoms with Crippen molar-refractivity contribution in [2.45, 2.75) is 37.4 Å². The van der Waals surface area contributed by atoms with Gasteiger partial charge in [-0.3, -0.25) is 10.0 Å². The first-order valence-electron chi connectivity index (χ1n) is 9.51. The SMILES string of the molecule is Cc1nc(-c2ccc(-c3ccc([C@@]4(CC(=O)NO)CCCCS4(=O)=O)s3)cc2)no1. The molecule has 2 aromatic heterocycles. The number of thiophene rings is 1. The number of amides is 1. The van der Waals surface area contributed by atoms with Crippen LogP contribution in [0.4, 0.5) is 0 Å². The highest BCUT2D eigenvalue weighted by Crippen LogP contribution is 2.47. The van der Waals surface area contributed by atoms with E-state index in [9.17, 15) is 13.2 Å². The first kappa shape index (κ1) is 20.7. The van der Waals surface area contributed by atoms with E-state index in [0.29, 0.717) is 35.9 Å². The number of benzene rings is 1. The largest absolute Gasteiger partial charge is 0.339 e. The van der Waals surface area contributed by atoms with Crippen molar-refractivity contribution in [3.63, 3.8) is 0 Å². The van der Waals surface area contributed by atoms with Crippen molar-refractivity contribution in [3.8, 4) is 21.8 Å². The highest BCUT2D eigenvalue weighted by atomic mass is 32.2. The molecule has 0 spiro atoms. The van der Waals surface area contributed by atoms with Gasteiger partial charge >= 0.3 is 0 Å². The molecule has 1 fully saturated rings. The number of sulfone groups is 1. The Balaban J connectivity index is 1.68. The molecule has 0 radical (unpaired) electrons. The Morgan fingerprint density at radius 2 is 1.93 bits per heavy atom. The van der Waals surface area contributed by atoms with Crippen molar-refractivity contribution in [1.82, 2.24) is 15.6 Å². The molecule has 0 bridgehead atoms. The van der Waals surface area contributed by atoms with Crippen LogP contribution in [0.15, 0.2) is 40.9 Å². The van der Waals surface area contributed by atoms with E-state index in [4.69, 9.17) is 9.73 Å². The van der Waals surface area contributed by atoms with Gasteiger partial charge in [-0.2, -0.15) is 4.98 Å². The summed E-state index contributed by atoms with van der Waals surface area (Å²) >= 11 is 1.36. The van der Waals surface area contributed by atoms with E-state index in [0.717, 1.165) is 16.0 Å². The Bertz CT molecular complexity index is 1170. The summed E-state index contributed by atoms with van der Waals surface area (Å²) < 4.78 is 29.8. The average molecular weight is 448 g/mol. The standard InChI is InChI=1S/C20H21N3O5S2/c1-13-21-19(23-28-13)15-6-4-14(5-7-15)16-8-9-17(29-16)20(12-18(24)22-25)10-2-3-11-30(20,26)27/h4-9,25H,2-3,10-12H2,1H3,(H,22,24)/t20-/m0/s1.